The van der Waals surface area contributed by atoms with Crippen molar-refractivity contribution in [3.8, 4) is 5.75 Å². The van der Waals surface area contributed by atoms with Gasteiger partial charge in [-0.1, -0.05) is 12.1 Å². The van der Waals surface area contributed by atoms with E-state index in [9.17, 15) is 0 Å². The maximum Gasteiger partial charge on any atom is 0.191 e. The van der Waals surface area contributed by atoms with E-state index in [0.29, 0.717) is 19.1 Å². The van der Waals surface area contributed by atoms with Gasteiger partial charge in [-0.3, -0.25) is 0 Å². The second kappa shape index (κ2) is 9.12. The lowest BCUT2D eigenvalue weighted by Crippen LogP contribution is -2.40. The molecule has 0 aromatic heterocycles. The Kier molecular flexibility index (Phi) is 7.85. The molecule has 118 valence electrons. The Bertz CT molecular complexity index is 471. The van der Waals surface area contributed by atoms with Crippen LogP contribution in [0.4, 0.5) is 0 Å². The fraction of sp³-hybridized carbons (Fsp3) is 0.562. The van der Waals surface area contributed by atoms with Gasteiger partial charge in [0.05, 0.1) is 13.2 Å². The number of halogens is 1. The first kappa shape index (κ1) is 18.1. The predicted molar refractivity (Wildman–Crippen MR) is 98.5 cm³/mol. The molecular formula is C16H26IN3O. The Morgan fingerprint density at radius 2 is 2.00 bits per heavy atom. The number of aryl methyl sites for hydroxylation is 1. The van der Waals surface area contributed by atoms with E-state index in [-0.39, 0.29) is 24.0 Å². The fourth-order valence-electron chi connectivity index (χ4n) is 2.47. The molecule has 5 heteroatoms. The van der Waals surface area contributed by atoms with E-state index in [1.54, 1.807) is 0 Å². The van der Waals surface area contributed by atoms with Crippen molar-refractivity contribution >= 4 is 29.9 Å². The van der Waals surface area contributed by atoms with Gasteiger partial charge in [0.15, 0.2) is 5.96 Å². The molecule has 0 atom stereocenters. The first-order valence-corrected chi connectivity index (χ1v) is 7.48. The first-order chi connectivity index (χ1) is 9.70. The molecule has 1 aromatic rings. The van der Waals surface area contributed by atoms with Gasteiger partial charge in [0.2, 0.25) is 0 Å². The zero-order valence-corrected chi connectivity index (χ0v) is 15.3. The summed E-state index contributed by atoms with van der Waals surface area (Å²) in [5, 5.41) is 0. The van der Waals surface area contributed by atoms with Gasteiger partial charge in [0.25, 0.3) is 0 Å². The maximum absolute atomic E-state index is 6.09. The molecule has 1 heterocycles. The Hall–Kier alpha value is -0.980. The van der Waals surface area contributed by atoms with E-state index < -0.39 is 0 Å². The molecule has 1 aromatic carbocycles. The molecule has 0 saturated carbocycles. The van der Waals surface area contributed by atoms with Crippen molar-refractivity contribution < 1.29 is 4.74 Å². The molecule has 2 rings (SSSR count). The zero-order valence-electron chi connectivity index (χ0n) is 13.0. The monoisotopic (exact) mass is 403 g/mol. The number of hydrogen-bond acceptors (Lipinski definition) is 2. The minimum Gasteiger partial charge on any atom is -0.494 e. The number of hydrogen-bond donors (Lipinski definition) is 1. The van der Waals surface area contributed by atoms with Crippen molar-refractivity contribution in [3.05, 3.63) is 29.3 Å². The third-order valence-corrected chi connectivity index (χ3v) is 3.61. The van der Waals surface area contributed by atoms with Crippen LogP contribution in [0, 0.1) is 6.92 Å². The summed E-state index contributed by atoms with van der Waals surface area (Å²) in [6.07, 6.45) is 3.73. The summed E-state index contributed by atoms with van der Waals surface area (Å²) in [5.41, 5.74) is 8.38. The highest BCUT2D eigenvalue weighted by Crippen LogP contribution is 2.21. The summed E-state index contributed by atoms with van der Waals surface area (Å²) in [5.74, 6) is 1.58. The van der Waals surface area contributed by atoms with Crippen LogP contribution in [-0.4, -0.2) is 30.6 Å². The highest BCUT2D eigenvalue weighted by Gasteiger charge is 2.12. The fourth-order valence-corrected chi connectivity index (χ4v) is 2.47. The topological polar surface area (TPSA) is 50.9 Å². The number of nitrogens with two attached hydrogens (primary N) is 1. The number of ether oxygens (including phenoxy) is 1. The largest absolute Gasteiger partial charge is 0.494 e. The van der Waals surface area contributed by atoms with E-state index in [1.165, 1.54) is 24.8 Å². The molecule has 1 fully saturated rings. The minimum atomic E-state index is 0. The SMILES string of the molecule is CCOc1cc(C)ccc1CN=C(N)N1CCCCC1.I. The van der Waals surface area contributed by atoms with Crippen LogP contribution in [0.2, 0.25) is 0 Å². The molecule has 1 saturated heterocycles. The number of piperidine rings is 1. The van der Waals surface area contributed by atoms with E-state index in [1.807, 2.05) is 6.92 Å². The average molecular weight is 403 g/mol. The summed E-state index contributed by atoms with van der Waals surface area (Å²) in [7, 11) is 0. The minimum absolute atomic E-state index is 0. The van der Waals surface area contributed by atoms with Crippen molar-refractivity contribution in [2.45, 2.75) is 39.7 Å². The molecule has 1 aliphatic heterocycles. The third kappa shape index (κ3) is 5.37. The molecule has 0 bridgehead atoms. The van der Waals surface area contributed by atoms with Crippen LogP contribution < -0.4 is 10.5 Å². The Morgan fingerprint density at radius 3 is 2.67 bits per heavy atom. The highest BCUT2D eigenvalue weighted by atomic mass is 127. The van der Waals surface area contributed by atoms with Gasteiger partial charge in [0, 0.05) is 18.7 Å². The van der Waals surface area contributed by atoms with E-state index in [2.05, 4.69) is 35.0 Å². The number of nitrogens with zero attached hydrogens (tertiary/aromatic N) is 2. The van der Waals surface area contributed by atoms with Crippen molar-refractivity contribution in [3.63, 3.8) is 0 Å². The standard InChI is InChI=1S/C16H25N3O.HI/c1-3-20-15-11-13(2)7-8-14(15)12-18-16(17)19-9-5-4-6-10-19;/h7-8,11H,3-6,9-10,12H2,1-2H3,(H2,17,18);1H. The van der Waals surface area contributed by atoms with Crippen LogP contribution in [0.5, 0.6) is 5.75 Å². The van der Waals surface area contributed by atoms with Gasteiger partial charge >= 0.3 is 0 Å². The van der Waals surface area contributed by atoms with Gasteiger partial charge in [-0.2, -0.15) is 0 Å². The quantitative estimate of drug-likeness (QED) is 0.477. The molecule has 2 N–H and O–H groups in total. The molecule has 0 radical (unpaired) electrons. The molecule has 0 spiro atoms. The van der Waals surface area contributed by atoms with Gasteiger partial charge in [-0.25, -0.2) is 4.99 Å². The zero-order chi connectivity index (χ0) is 14.4. The molecule has 21 heavy (non-hydrogen) atoms. The molecular weight excluding hydrogens is 377 g/mol. The Balaban J connectivity index is 0.00000220. The predicted octanol–water partition coefficient (Wildman–Crippen LogP) is 3.31. The normalized spacial score (nSPS) is 15.5. The number of benzene rings is 1. The molecule has 1 aliphatic rings. The van der Waals surface area contributed by atoms with Crippen molar-refractivity contribution in [1.82, 2.24) is 4.90 Å². The van der Waals surface area contributed by atoms with Crippen molar-refractivity contribution in [2.24, 2.45) is 10.7 Å². The van der Waals surface area contributed by atoms with Gasteiger partial charge < -0.3 is 15.4 Å². The van der Waals surface area contributed by atoms with E-state index >= 15 is 0 Å². The molecule has 4 nitrogen and oxygen atoms in total. The van der Waals surface area contributed by atoms with Crippen LogP contribution in [0.25, 0.3) is 0 Å². The van der Waals surface area contributed by atoms with Crippen LogP contribution >= 0.6 is 24.0 Å². The Labute approximate surface area is 144 Å². The second-order valence-electron chi connectivity index (χ2n) is 5.27. The summed E-state index contributed by atoms with van der Waals surface area (Å²) in [6.45, 7) is 7.37. The van der Waals surface area contributed by atoms with Crippen molar-refractivity contribution in [2.75, 3.05) is 19.7 Å². The number of likely N-dealkylation sites (tertiary alicyclic amines) is 1. The van der Waals surface area contributed by atoms with Crippen LogP contribution in [-0.2, 0) is 6.54 Å². The molecule has 0 aliphatic carbocycles. The summed E-state index contributed by atoms with van der Waals surface area (Å²) < 4.78 is 5.67. The van der Waals surface area contributed by atoms with E-state index in [4.69, 9.17) is 10.5 Å². The summed E-state index contributed by atoms with van der Waals surface area (Å²) >= 11 is 0. The van der Waals surface area contributed by atoms with Crippen LogP contribution in [0.15, 0.2) is 23.2 Å². The van der Waals surface area contributed by atoms with Gasteiger partial charge in [0.1, 0.15) is 5.75 Å². The van der Waals surface area contributed by atoms with Crippen molar-refractivity contribution in [1.29, 1.82) is 0 Å². The van der Waals surface area contributed by atoms with E-state index in [0.717, 1.165) is 24.4 Å². The lowest BCUT2D eigenvalue weighted by atomic mass is 10.1. The van der Waals surface area contributed by atoms with Crippen LogP contribution in [0.1, 0.15) is 37.3 Å². The van der Waals surface area contributed by atoms with Gasteiger partial charge in [-0.05, 0) is 44.7 Å². The number of aliphatic imine (C=N–C) groups is 1. The van der Waals surface area contributed by atoms with Crippen LogP contribution in [0.3, 0.4) is 0 Å². The molecule has 0 amide bonds. The number of guanidine groups is 1. The summed E-state index contributed by atoms with van der Waals surface area (Å²) in [6, 6.07) is 6.23. The lowest BCUT2D eigenvalue weighted by molar-refractivity contribution is 0.334. The highest BCUT2D eigenvalue weighted by molar-refractivity contribution is 14.0. The van der Waals surface area contributed by atoms with Gasteiger partial charge in [-0.15, -0.1) is 24.0 Å². The molecule has 0 unspecified atom stereocenters. The average Bonchev–Trinajstić information content (AvgIpc) is 2.47. The summed E-state index contributed by atoms with van der Waals surface area (Å²) in [4.78, 5) is 6.71. The lowest BCUT2D eigenvalue weighted by Gasteiger charge is -2.27. The smallest absolute Gasteiger partial charge is 0.191 e. The first-order valence-electron chi connectivity index (χ1n) is 7.48. The maximum atomic E-state index is 6.09. The second-order valence-corrected chi connectivity index (χ2v) is 5.27. The Morgan fingerprint density at radius 1 is 1.29 bits per heavy atom. The third-order valence-electron chi connectivity index (χ3n) is 3.61. The number of rotatable bonds is 4.